The van der Waals surface area contributed by atoms with E-state index in [2.05, 4.69) is 21.2 Å². The van der Waals surface area contributed by atoms with E-state index >= 15 is 0 Å². The minimum Gasteiger partial charge on any atom is -0.493 e. The lowest BCUT2D eigenvalue weighted by atomic mass is 10.1. The quantitative estimate of drug-likeness (QED) is 0.257. The summed E-state index contributed by atoms with van der Waals surface area (Å²) < 4.78 is 12.0. The SMILES string of the molecule is COc1cc(/C=C(/C#N)C(=O)NCc2ccccc2)c(Br)cc1OCc1ccc(Cl)c(Cl)c1. The van der Waals surface area contributed by atoms with Crippen LogP contribution in [0.1, 0.15) is 16.7 Å². The van der Waals surface area contributed by atoms with Crippen molar-refractivity contribution in [2.45, 2.75) is 13.2 Å². The number of nitrogens with zero attached hydrogens (tertiary/aromatic N) is 1. The molecule has 0 atom stereocenters. The molecule has 8 heteroatoms. The first-order chi connectivity index (χ1) is 15.9. The molecular weight excluding hydrogens is 527 g/mol. The van der Waals surface area contributed by atoms with Gasteiger partial charge in [0.2, 0.25) is 0 Å². The molecule has 0 aliphatic heterocycles. The van der Waals surface area contributed by atoms with E-state index in [-0.39, 0.29) is 12.2 Å². The molecule has 5 nitrogen and oxygen atoms in total. The predicted octanol–water partition coefficient (Wildman–Crippen LogP) is 6.57. The van der Waals surface area contributed by atoms with Gasteiger partial charge in [0, 0.05) is 11.0 Å². The van der Waals surface area contributed by atoms with E-state index in [1.54, 1.807) is 24.3 Å². The number of benzene rings is 3. The highest BCUT2D eigenvalue weighted by atomic mass is 79.9. The number of nitriles is 1. The lowest BCUT2D eigenvalue weighted by molar-refractivity contribution is -0.117. The predicted molar refractivity (Wildman–Crippen MR) is 133 cm³/mol. The highest BCUT2D eigenvalue weighted by Crippen LogP contribution is 2.35. The maximum absolute atomic E-state index is 12.5. The molecule has 1 amide bonds. The molecule has 1 N–H and O–H groups in total. The van der Waals surface area contributed by atoms with Crippen molar-refractivity contribution in [2.75, 3.05) is 7.11 Å². The molecule has 0 saturated carbocycles. The van der Waals surface area contributed by atoms with E-state index in [0.717, 1.165) is 11.1 Å². The van der Waals surface area contributed by atoms with E-state index < -0.39 is 5.91 Å². The number of hydrogen-bond acceptors (Lipinski definition) is 4. The minimum absolute atomic E-state index is 0.0295. The standard InChI is InChI=1S/C25H19BrCl2N2O3/c1-32-23-11-18(10-19(13-29)25(31)30-14-16-5-3-2-4-6-16)20(26)12-24(23)33-15-17-7-8-21(27)22(28)9-17/h2-12H,14-15H2,1H3,(H,30,31)/b19-10-. The third-order valence-corrected chi connectivity index (χ3v) is 6.05. The van der Waals surface area contributed by atoms with Gasteiger partial charge in [-0.05, 0) is 47.0 Å². The Hall–Kier alpha value is -2.98. The number of carbonyl (C=O) groups is 1. The summed E-state index contributed by atoms with van der Waals surface area (Å²) >= 11 is 15.5. The lowest BCUT2D eigenvalue weighted by Gasteiger charge is -2.13. The first kappa shape index (κ1) is 24.7. The molecule has 0 spiro atoms. The van der Waals surface area contributed by atoms with Gasteiger partial charge in [-0.25, -0.2) is 0 Å². The summed E-state index contributed by atoms with van der Waals surface area (Å²) in [5, 5.41) is 13.2. The second kappa shape index (κ2) is 11.8. The first-order valence-electron chi connectivity index (χ1n) is 9.79. The van der Waals surface area contributed by atoms with Crippen LogP contribution in [0.25, 0.3) is 6.08 Å². The fourth-order valence-electron chi connectivity index (χ4n) is 2.90. The zero-order chi connectivity index (χ0) is 23.8. The summed E-state index contributed by atoms with van der Waals surface area (Å²) in [6, 6.07) is 20.1. The van der Waals surface area contributed by atoms with Crippen molar-refractivity contribution >= 4 is 51.1 Å². The Balaban J connectivity index is 1.76. The zero-order valence-corrected chi connectivity index (χ0v) is 20.7. The molecule has 3 aromatic rings. The van der Waals surface area contributed by atoms with Crippen molar-refractivity contribution in [1.29, 1.82) is 5.26 Å². The minimum atomic E-state index is -0.466. The largest absolute Gasteiger partial charge is 0.493 e. The van der Waals surface area contributed by atoms with Crippen molar-refractivity contribution in [1.82, 2.24) is 5.32 Å². The van der Waals surface area contributed by atoms with Crippen molar-refractivity contribution < 1.29 is 14.3 Å². The van der Waals surface area contributed by atoms with E-state index in [1.807, 2.05) is 42.5 Å². The Morgan fingerprint density at radius 2 is 1.82 bits per heavy atom. The van der Waals surface area contributed by atoms with Gasteiger partial charge in [0.25, 0.3) is 5.91 Å². The molecular formula is C25H19BrCl2N2O3. The summed E-state index contributed by atoms with van der Waals surface area (Å²) in [5.74, 6) is 0.471. The van der Waals surface area contributed by atoms with E-state index in [4.69, 9.17) is 32.7 Å². The van der Waals surface area contributed by atoms with Gasteiger partial charge in [0.1, 0.15) is 18.2 Å². The second-order valence-electron chi connectivity index (χ2n) is 6.90. The van der Waals surface area contributed by atoms with Crippen molar-refractivity contribution in [2.24, 2.45) is 0 Å². The average Bonchev–Trinajstić information content (AvgIpc) is 2.83. The fraction of sp³-hybridized carbons (Fsp3) is 0.120. The van der Waals surface area contributed by atoms with E-state index in [1.165, 1.54) is 13.2 Å². The van der Waals surface area contributed by atoms with Crippen molar-refractivity contribution in [3.63, 3.8) is 0 Å². The molecule has 0 saturated heterocycles. The van der Waals surface area contributed by atoms with Crippen LogP contribution in [0.4, 0.5) is 0 Å². The van der Waals surface area contributed by atoms with Crippen LogP contribution in [-0.2, 0) is 17.9 Å². The molecule has 0 unspecified atom stereocenters. The van der Waals surface area contributed by atoms with Gasteiger partial charge in [-0.15, -0.1) is 0 Å². The maximum atomic E-state index is 12.5. The number of nitrogens with one attached hydrogen (secondary N) is 1. The molecule has 3 aromatic carbocycles. The van der Waals surface area contributed by atoms with Crippen molar-refractivity contribution in [3.05, 3.63) is 97.4 Å². The van der Waals surface area contributed by atoms with Crippen LogP contribution in [0.5, 0.6) is 11.5 Å². The fourth-order valence-corrected chi connectivity index (χ4v) is 3.66. The Bertz CT molecular complexity index is 1220. The Morgan fingerprint density at radius 3 is 2.48 bits per heavy atom. The molecule has 0 radical (unpaired) electrons. The van der Waals surface area contributed by atoms with Gasteiger partial charge < -0.3 is 14.8 Å². The molecule has 0 aliphatic rings. The summed E-state index contributed by atoms with van der Waals surface area (Å²) in [7, 11) is 1.51. The van der Waals surface area contributed by atoms with Gasteiger partial charge >= 0.3 is 0 Å². The van der Waals surface area contributed by atoms with E-state index in [9.17, 15) is 10.1 Å². The summed E-state index contributed by atoms with van der Waals surface area (Å²) in [6.45, 7) is 0.574. The molecule has 0 heterocycles. The highest BCUT2D eigenvalue weighted by Gasteiger charge is 2.14. The number of carbonyl (C=O) groups excluding carboxylic acids is 1. The van der Waals surface area contributed by atoms with Crippen LogP contribution in [0, 0.1) is 11.3 Å². The van der Waals surface area contributed by atoms with E-state index in [0.29, 0.717) is 38.1 Å². The number of amides is 1. The Morgan fingerprint density at radius 1 is 1.06 bits per heavy atom. The monoisotopic (exact) mass is 544 g/mol. The number of ether oxygens (including phenoxy) is 2. The third-order valence-electron chi connectivity index (χ3n) is 4.62. The van der Waals surface area contributed by atoms with Crippen LogP contribution in [0.3, 0.4) is 0 Å². The molecule has 0 aromatic heterocycles. The smallest absolute Gasteiger partial charge is 0.262 e. The molecule has 0 aliphatic carbocycles. The topological polar surface area (TPSA) is 71.3 Å². The Kier molecular flexibility index (Phi) is 8.79. The lowest BCUT2D eigenvalue weighted by Crippen LogP contribution is -2.23. The third kappa shape index (κ3) is 6.75. The first-order valence-corrected chi connectivity index (χ1v) is 11.3. The van der Waals surface area contributed by atoms with Crippen LogP contribution >= 0.6 is 39.1 Å². The number of methoxy groups -OCH3 is 1. The normalized spacial score (nSPS) is 10.9. The van der Waals surface area contributed by atoms with Gasteiger partial charge in [-0.1, -0.05) is 75.5 Å². The molecule has 3 rings (SSSR count). The van der Waals surface area contributed by atoms with Crippen molar-refractivity contribution in [3.8, 4) is 17.6 Å². The van der Waals surface area contributed by atoms with Crippen LogP contribution < -0.4 is 14.8 Å². The van der Waals surface area contributed by atoms with Gasteiger partial charge in [0.15, 0.2) is 11.5 Å². The summed E-state index contributed by atoms with van der Waals surface area (Å²) in [4.78, 5) is 12.5. The molecule has 0 bridgehead atoms. The number of hydrogen-bond donors (Lipinski definition) is 1. The van der Waals surface area contributed by atoms with Gasteiger partial charge in [0.05, 0.1) is 17.2 Å². The number of rotatable bonds is 8. The zero-order valence-electron chi connectivity index (χ0n) is 17.6. The summed E-state index contributed by atoms with van der Waals surface area (Å²) in [5.41, 5.74) is 2.35. The summed E-state index contributed by atoms with van der Waals surface area (Å²) in [6.07, 6.45) is 1.50. The van der Waals surface area contributed by atoms with Crippen LogP contribution in [-0.4, -0.2) is 13.0 Å². The number of halogens is 3. The molecule has 0 fully saturated rings. The molecule has 168 valence electrons. The van der Waals surface area contributed by atoms with Gasteiger partial charge in [-0.3, -0.25) is 4.79 Å². The van der Waals surface area contributed by atoms with Crippen LogP contribution in [0.2, 0.25) is 10.0 Å². The Labute approximate surface area is 210 Å². The molecule has 33 heavy (non-hydrogen) atoms. The average molecular weight is 546 g/mol. The maximum Gasteiger partial charge on any atom is 0.262 e. The van der Waals surface area contributed by atoms with Crippen LogP contribution in [0.15, 0.2) is 70.7 Å². The van der Waals surface area contributed by atoms with Gasteiger partial charge in [-0.2, -0.15) is 5.26 Å². The second-order valence-corrected chi connectivity index (χ2v) is 8.57. The highest BCUT2D eigenvalue weighted by molar-refractivity contribution is 9.10.